The van der Waals surface area contributed by atoms with Crippen molar-refractivity contribution in [3.8, 4) is 23.0 Å². The first-order chi connectivity index (χ1) is 16.6. The Kier molecular flexibility index (Phi) is 6.83. The molecule has 0 atom stereocenters. The number of anilines is 1. The van der Waals surface area contributed by atoms with Gasteiger partial charge in [0.2, 0.25) is 0 Å². The molecular formula is C25H22N4O5. The van der Waals surface area contributed by atoms with Crippen LogP contribution in [0.4, 0.5) is 5.82 Å². The number of hydrazone groups is 1. The van der Waals surface area contributed by atoms with Gasteiger partial charge in [-0.2, -0.15) is 10.2 Å². The molecule has 172 valence electrons. The number of hydrogen-bond donors (Lipinski definition) is 1. The fraction of sp³-hybridized carbons (Fsp3) is 0.120. The maximum absolute atomic E-state index is 12.7. The van der Waals surface area contributed by atoms with E-state index in [1.54, 1.807) is 48.8 Å². The van der Waals surface area contributed by atoms with Crippen molar-refractivity contribution in [1.82, 2.24) is 10.2 Å². The average Bonchev–Trinajstić information content (AvgIpc) is 2.89. The fourth-order valence-electron chi connectivity index (χ4n) is 3.21. The molecule has 0 bridgehead atoms. The maximum atomic E-state index is 12.7. The molecule has 0 radical (unpaired) electrons. The van der Waals surface area contributed by atoms with E-state index in [9.17, 15) is 4.79 Å². The van der Waals surface area contributed by atoms with Crippen molar-refractivity contribution >= 4 is 28.8 Å². The monoisotopic (exact) mass is 458 g/mol. The number of rotatable bonds is 8. The van der Waals surface area contributed by atoms with Crippen molar-refractivity contribution in [3.63, 3.8) is 0 Å². The number of fused-ring (bicyclic) bond motifs is 1. The van der Waals surface area contributed by atoms with Gasteiger partial charge >= 0.3 is 5.97 Å². The van der Waals surface area contributed by atoms with E-state index in [1.165, 1.54) is 21.3 Å². The molecule has 0 unspecified atom stereocenters. The summed E-state index contributed by atoms with van der Waals surface area (Å²) < 4.78 is 21.4. The predicted octanol–water partition coefficient (Wildman–Crippen LogP) is 4.32. The summed E-state index contributed by atoms with van der Waals surface area (Å²) >= 11 is 0. The van der Waals surface area contributed by atoms with E-state index in [0.717, 1.165) is 16.3 Å². The number of nitrogens with one attached hydrogen (secondary N) is 1. The lowest BCUT2D eigenvalue weighted by atomic mass is 10.2. The van der Waals surface area contributed by atoms with E-state index in [1.807, 2.05) is 24.3 Å². The summed E-state index contributed by atoms with van der Waals surface area (Å²) in [5.41, 5.74) is 3.91. The molecule has 34 heavy (non-hydrogen) atoms. The van der Waals surface area contributed by atoms with Crippen LogP contribution in [0.15, 0.2) is 72.0 Å². The molecule has 4 aromatic rings. The van der Waals surface area contributed by atoms with Gasteiger partial charge in [0, 0.05) is 16.8 Å². The molecule has 0 spiro atoms. The molecular weight excluding hydrogens is 436 g/mol. The molecule has 1 aromatic heterocycles. The maximum Gasteiger partial charge on any atom is 0.343 e. The minimum absolute atomic E-state index is 0.263. The molecule has 1 N–H and O–H groups in total. The first kappa shape index (κ1) is 22.5. The molecule has 0 fully saturated rings. The lowest BCUT2D eigenvalue weighted by Gasteiger charge is -2.11. The Bertz CT molecular complexity index is 1330. The van der Waals surface area contributed by atoms with Crippen molar-refractivity contribution in [2.45, 2.75) is 0 Å². The van der Waals surface area contributed by atoms with E-state index in [-0.39, 0.29) is 11.3 Å². The molecule has 0 amide bonds. The molecule has 9 nitrogen and oxygen atoms in total. The van der Waals surface area contributed by atoms with Crippen molar-refractivity contribution in [2.75, 3.05) is 26.8 Å². The quantitative estimate of drug-likeness (QED) is 0.180. The smallest absolute Gasteiger partial charge is 0.343 e. The third-order valence-electron chi connectivity index (χ3n) is 4.93. The van der Waals surface area contributed by atoms with Gasteiger partial charge in [0.25, 0.3) is 0 Å². The summed E-state index contributed by atoms with van der Waals surface area (Å²) in [7, 11) is 4.51. The normalized spacial score (nSPS) is 10.8. The molecule has 0 aliphatic heterocycles. The fourth-order valence-corrected chi connectivity index (χ4v) is 3.21. The summed E-state index contributed by atoms with van der Waals surface area (Å²) in [4.78, 5) is 12.7. The first-order valence-corrected chi connectivity index (χ1v) is 10.2. The number of carbonyl (C=O) groups excluding carboxylic acids is 1. The van der Waals surface area contributed by atoms with Gasteiger partial charge < -0.3 is 18.9 Å². The molecule has 0 aliphatic carbocycles. The van der Waals surface area contributed by atoms with Gasteiger partial charge in [-0.05, 0) is 35.9 Å². The number of hydrogen-bond acceptors (Lipinski definition) is 9. The predicted molar refractivity (Wildman–Crippen MR) is 128 cm³/mol. The summed E-state index contributed by atoms with van der Waals surface area (Å²) in [5, 5.41) is 14.2. The minimum atomic E-state index is -0.576. The van der Waals surface area contributed by atoms with Crippen molar-refractivity contribution in [1.29, 1.82) is 0 Å². The number of benzene rings is 3. The first-order valence-electron chi connectivity index (χ1n) is 10.2. The van der Waals surface area contributed by atoms with Crippen LogP contribution in [-0.2, 0) is 0 Å². The number of ether oxygens (including phenoxy) is 4. The number of carbonyl (C=O) groups is 1. The van der Waals surface area contributed by atoms with Gasteiger partial charge in [-0.1, -0.05) is 24.3 Å². The van der Waals surface area contributed by atoms with Crippen molar-refractivity contribution in [3.05, 3.63) is 78.0 Å². The Morgan fingerprint density at radius 1 is 0.912 bits per heavy atom. The zero-order valence-corrected chi connectivity index (χ0v) is 18.8. The SMILES string of the molecule is COc1cc(OC)cc(C(=O)Oc2ccc(C=NNc3nncc4ccccc34)cc2OC)c1. The van der Waals surface area contributed by atoms with E-state index >= 15 is 0 Å². The Labute approximate surface area is 195 Å². The van der Waals surface area contributed by atoms with E-state index in [4.69, 9.17) is 18.9 Å². The van der Waals surface area contributed by atoms with Crippen LogP contribution < -0.4 is 24.4 Å². The summed E-state index contributed by atoms with van der Waals surface area (Å²) in [6.07, 6.45) is 3.29. The standard InChI is InChI=1S/C25H22N4O5/c1-31-19-11-18(12-20(13-19)32-2)25(30)34-22-9-8-16(10-23(22)33-3)14-26-28-24-21-7-5-4-6-17(21)15-27-29-24/h4-15H,1-3H3,(H,28,29). The minimum Gasteiger partial charge on any atom is -0.497 e. The lowest BCUT2D eigenvalue weighted by molar-refractivity contribution is 0.0729. The van der Waals surface area contributed by atoms with Crippen LogP contribution in [0.1, 0.15) is 15.9 Å². The Morgan fingerprint density at radius 3 is 2.41 bits per heavy atom. The third kappa shape index (κ3) is 5.04. The largest absolute Gasteiger partial charge is 0.497 e. The zero-order valence-electron chi connectivity index (χ0n) is 18.8. The van der Waals surface area contributed by atoms with Crippen LogP contribution in [0.3, 0.4) is 0 Å². The third-order valence-corrected chi connectivity index (χ3v) is 4.93. The van der Waals surface area contributed by atoms with E-state index < -0.39 is 5.97 Å². The van der Waals surface area contributed by atoms with E-state index in [2.05, 4.69) is 20.7 Å². The van der Waals surface area contributed by atoms with Gasteiger partial charge in [0.15, 0.2) is 17.3 Å². The second kappa shape index (κ2) is 10.3. The van der Waals surface area contributed by atoms with Crippen LogP contribution in [0.5, 0.6) is 23.0 Å². The van der Waals surface area contributed by atoms with Crippen LogP contribution >= 0.6 is 0 Å². The zero-order chi connectivity index (χ0) is 23.9. The van der Waals surface area contributed by atoms with Gasteiger partial charge in [-0.15, -0.1) is 5.10 Å². The second-order valence-corrected chi connectivity index (χ2v) is 7.05. The number of aromatic nitrogens is 2. The lowest BCUT2D eigenvalue weighted by Crippen LogP contribution is -2.10. The highest BCUT2D eigenvalue weighted by atomic mass is 16.6. The summed E-state index contributed by atoms with van der Waals surface area (Å²) in [6, 6.07) is 17.6. The molecule has 3 aromatic carbocycles. The highest BCUT2D eigenvalue weighted by Gasteiger charge is 2.15. The summed E-state index contributed by atoms with van der Waals surface area (Å²) in [5.74, 6) is 1.56. The van der Waals surface area contributed by atoms with Crippen LogP contribution in [0, 0.1) is 0 Å². The Balaban J connectivity index is 1.50. The van der Waals surface area contributed by atoms with Crippen molar-refractivity contribution < 1.29 is 23.7 Å². The van der Waals surface area contributed by atoms with Gasteiger partial charge in [0.05, 0.1) is 39.3 Å². The van der Waals surface area contributed by atoms with Crippen molar-refractivity contribution in [2.24, 2.45) is 5.10 Å². The highest BCUT2D eigenvalue weighted by molar-refractivity contribution is 5.93. The second-order valence-electron chi connectivity index (χ2n) is 7.05. The molecule has 1 heterocycles. The molecule has 4 rings (SSSR count). The molecule has 0 saturated carbocycles. The Morgan fingerprint density at radius 2 is 1.68 bits per heavy atom. The van der Waals surface area contributed by atoms with Crippen LogP contribution in [0.25, 0.3) is 10.8 Å². The molecule has 0 saturated heterocycles. The van der Waals surface area contributed by atoms with Crippen LogP contribution in [-0.4, -0.2) is 43.7 Å². The van der Waals surface area contributed by atoms with E-state index in [0.29, 0.717) is 23.1 Å². The number of esters is 1. The van der Waals surface area contributed by atoms with Gasteiger partial charge in [-0.25, -0.2) is 4.79 Å². The van der Waals surface area contributed by atoms with Crippen LogP contribution in [0.2, 0.25) is 0 Å². The number of nitrogens with zero attached hydrogens (tertiary/aromatic N) is 3. The van der Waals surface area contributed by atoms with Gasteiger partial charge in [0.1, 0.15) is 11.5 Å². The average molecular weight is 458 g/mol. The topological polar surface area (TPSA) is 104 Å². The Hall–Kier alpha value is -4.66. The number of methoxy groups -OCH3 is 3. The summed E-state index contributed by atoms with van der Waals surface area (Å²) in [6.45, 7) is 0. The molecule has 9 heteroatoms. The molecule has 0 aliphatic rings. The highest BCUT2D eigenvalue weighted by Crippen LogP contribution is 2.30. The van der Waals surface area contributed by atoms with Gasteiger partial charge in [-0.3, -0.25) is 5.43 Å².